The lowest BCUT2D eigenvalue weighted by atomic mass is 9.99. The fourth-order valence-electron chi connectivity index (χ4n) is 4.52. The van der Waals surface area contributed by atoms with Crippen molar-refractivity contribution in [3.63, 3.8) is 0 Å². The van der Waals surface area contributed by atoms with Crippen molar-refractivity contribution in [2.45, 2.75) is 103 Å². The van der Waals surface area contributed by atoms with E-state index >= 15 is 0 Å². The summed E-state index contributed by atoms with van der Waals surface area (Å²) in [4.78, 5) is 56.3. The van der Waals surface area contributed by atoms with Crippen molar-refractivity contribution in [2.75, 3.05) is 6.61 Å². The summed E-state index contributed by atoms with van der Waals surface area (Å²) in [5.41, 5.74) is 1.43. The largest absolute Gasteiger partial charge is 0.466 e. The van der Waals surface area contributed by atoms with Gasteiger partial charge in [0, 0.05) is 31.2 Å². The monoisotopic (exact) mass is 491 g/mol. The van der Waals surface area contributed by atoms with Crippen molar-refractivity contribution in [1.82, 2.24) is 10.2 Å². The van der Waals surface area contributed by atoms with E-state index in [1.54, 1.807) is 33.9 Å². The number of aliphatic imine (C=N–C) groups is 1. The Labute approximate surface area is 206 Å². The van der Waals surface area contributed by atoms with E-state index in [1.807, 2.05) is 0 Å². The first kappa shape index (κ1) is 26.8. The summed E-state index contributed by atoms with van der Waals surface area (Å²) in [7, 11) is 0. The Morgan fingerprint density at radius 1 is 1.20 bits per heavy atom. The third kappa shape index (κ3) is 7.37. The number of aliphatic hydroxyl groups is 1. The number of ketones is 1. The lowest BCUT2D eigenvalue weighted by Crippen LogP contribution is -2.47. The van der Waals surface area contributed by atoms with E-state index in [-0.39, 0.29) is 31.7 Å². The minimum atomic E-state index is -1.28. The number of amides is 2. The minimum Gasteiger partial charge on any atom is -0.466 e. The fraction of sp³-hybridized carbons (Fsp3) is 0.720. The molecule has 0 aromatic rings. The number of aliphatic hydroxyl groups excluding tert-OH is 1. The first-order chi connectivity index (χ1) is 16.5. The van der Waals surface area contributed by atoms with Crippen molar-refractivity contribution >= 4 is 30.0 Å². The second-order valence-corrected chi connectivity index (χ2v) is 10.3. The number of Topliss-reactive ketones (excluding diaryl/α,β-unsaturated/α-hetero) is 1. The lowest BCUT2D eigenvalue weighted by molar-refractivity contribution is -0.148. The molecule has 0 bridgehead atoms. The van der Waals surface area contributed by atoms with E-state index in [0.717, 1.165) is 31.4 Å². The first-order valence-electron chi connectivity index (χ1n) is 12.4. The smallest absolute Gasteiger partial charge is 0.408 e. The summed E-state index contributed by atoms with van der Waals surface area (Å²) in [6.45, 7) is 7.12. The zero-order valence-corrected chi connectivity index (χ0v) is 21.0. The molecule has 2 N–H and O–H groups in total. The molecule has 35 heavy (non-hydrogen) atoms. The van der Waals surface area contributed by atoms with Crippen LogP contribution >= 0.6 is 0 Å². The number of carbonyl (C=O) groups is 4. The van der Waals surface area contributed by atoms with Crippen molar-refractivity contribution in [1.29, 1.82) is 0 Å². The maximum atomic E-state index is 13.0. The predicted molar refractivity (Wildman–Crippen MR) is 127 cm³/mol. The molecule has 2 amide bonds. The van der Waals surface area contributed by atoms with Crippen LogP contribution < -0.4 is 5.32 Å². The van der Waals surface area contributed by atoms with Gasteiger partial charge in [-0.1, -0.05) is 6.42 Å². The van der Waals surface area contributed by atoms with E-state index < -0.39 is 47.8 Å². The van der Waals surface area contributed by atoms with Gasteiger partial charge in [0.05, 0.1) is 24.6 Å². The number of hydrogen-bond donors (Lipinski definition) is 2. The van der Waals surface area contributed by atoms with Crippen LogP contribution in [-0.4, -0.2) is 70.5 Å². The number of ether oxygens (including phenoxy) is 2. The number of rotatable bonds is 3. The number of fused-ring (bicyclic) bond motifs is 1. The summed E-state index contributed by atoms with van der Waals surface area (Å²) in [5, 5.41) is 13.5. The number of alkyl carbamates (subject to hydrolysis) is 1. The van der Waals surface area contributed by atoms with Crippen molar-refractivity contribution < 1.29 is 33.8 Å². The highest BCUT2D eigenvalue weighted by molar-refractivity contribution is 5.94. The highest BCUT2D eigenvalue weighted by atomic mass is 16.6. The third-order valence-corrected chi connectivity index (χ3v) is 6.32. The first-order valence-corrected chi connectivity index (χ1v) is 12.4. The summed E-state index contributed by atoms with van der Waals surface area (Å²) in [5.74, 6) is -1.91. The van der Waals surface area contributed by atoms with Gasteiger partial charge < -0.3 is 24.8 Å². The Bertz CT molecular complexity index is 905. The summed E-state index contributed by atoms with van der Waals surface area (Å²) >= 11 is 0. The van der Waals surface area contributed by atoms with E-state index in [4.69, 9.17) is 9.47 Å². The van der Waals surface area contributed by atoms with Crippen molar-refractivity contribution in [3.05, 3.63) is 11.3 Å². The molecular weight excluding hydrogens is 454 g/mol. The standard InChI is InChI=1S/C25H37N3O7/c1-5-34-23(32)16-13-22(31)28-19(16)14-26-18-12-15(18)8-6-7-9-17(20(29)10-11-21(28)30)27-24(33)35-25(2,3)4/h14,16-17,19,21,30H,5-13H2,1-4H3,(H,27,33)/t16-,17-,19+,21-/m0/s1. The Balaban J connectivity index is 1.78. The fourth-order valence-corrected chi connectivity index (χ4v) is 4.52. The van der Waals surface area contributed by atoms with Gasteiger partial charge >= 0.3 is 12.1 Å². The zero-order chi connectivity index (χ0) is 25.8. The van der Waals surface area contributed by atoms with Gasteiger partial charge in [-0.2, -0.15) is 0 Å². The van der Waals surface area contributed by atoms with Crippen LogP contribution in [0.25, 0.3) is 0 Å². The molecule has 2 aliphatic heterocycles. The van der Waals surface area contributed by atoms with E-state index in [2.05, 4.69) is 10.3 Å². The molecular formula is C25H37N3O7. The van der Waals surface area contributed by atoms with Gasteiger partial charge in [-0.3, -0.25) is 19.4 Å². The van der Waals surface area contributed by atoms with Gasteiger partial charge in [0.15, 0.2) is 5.78 Å². The maximum absolute atomic E-state index is 13.0. The van der Waals surface area contributed by atoms with Crippen molar-refractivity contribution in [3.8, 4) is 0 Å². The van der Waals surface area contributed by atoms with Crippen molar-refractivity contribution in [2.24, 2.45) is 10.9 Å². The predicted octanol–water partition coefficient (Wildman–Crippen LogP) is 2.63. The highest BCUT2D eigenvalue weighted by Gasteiger charge is 2.46. The van der Waals surface area contributed by atoms with Crippen LogP contribution in [0.2, 0.25) is 0 Å². The molecule has 3 rings (SSSR count). The minimum absolute atomic E-state index is 0.0229. The molecule has 1 aliphatic carbocycles. The molecule has 4 atom stereocenters. The average molecular weight is 492 g/mol. The number of nitrogens with zero attached hydrogens (tertiary/aromatic N) is 2. The number of carbonyl (C=O) groups excluding carboxylic acids is 4. The Kier molecular flexibility index (Phi) is 8.69. The number of esters is 1. The SMILES string of the molecule is CCOC(=O)[C@H]1CC(=O)N2[C@@H]1C=NC1=C(CCCC[C@H](NC(=O)OC(C)(C)C)C(=O)CC[C@@H]2O)C1. The molecule has 1 saturated heterocycles. The quantitative estimate of drug-likeness (QED) is 0.580. The van der Waals surface area contributed by atoms with Crippen LogP contribution in [-0.2, 0) is 23.9 Å². The molecule has 0 aromatic heterocycles. The molecule has 1 fully saturated rings. The van der Waals surface area contributed by atoms with Crippen LogP contribution in [0.1, 0.15) is 79.1 Å². The van der Waals surface area contributed by atoms with Gasteiger partial charge in [-0.15, -0.1) is 0 Å². The molecule has 0 aromatic carbocycles. The molecule has 0 saturated carbocycles. The van der Waals surface area contributed by atoms with E-state index in [9.17, 15) is 24.3 Å². The van der Waals surface area contributed by atoms with Crippen LogP contribution in [0, 0.1) is 5.92 Å². The van der Waals surface area contributed by atoms with E-state index in [0.29, 0.717) is 6.42 Å². The normalized spacial score (nSPS) is 28.0. The molecule has 10 heteroatoms. The van der Waals surface area contributed by atoms with Gasteiger partial charge in [0.1, 0.15) is 11.8 Å². The summed E-state index contributed by atoms with van der Waals surface area (Å²) < 4.78 is 10.5. The van der Waals surface area contributed by atoms with Gasteiger partial charge in [-0.25, -0.2) is 4.79 Å². The molecule has 0 radical (unpaired) electrons. The van der Waals surface area contributed by atoms with E-state index in [1.165, 1.54) is 10.5 Å². The second kappa shape index (κ2) is 11.3. The summed E-state index contributed by atoms with van der Waals surface area (Å²) in [6.07, 6.45) is 3.09. The molecule has 194 valence electrons. The van der Waals surface area contributed by atoms with Crippen LogP contribution in [0.3, 0.4) is 0 Å². The third-order valence-electron chi connectivity index (χ3n) is 6.32. The highest BCUT2D eigenvalue weighted by Crippen LogP contribution is 2.37. The number of nitrogens with one attached hydrogen (secondary N) is 1. The van der Waals surface area contributed by atoms with Crippen LogP contribution in [0.15, 0.2) is 16.3 Å². The second-order valence-electron chi connectivity index (χ2n) is 10.3. The van der Waals surface area contributed by atoms with Crippen LogP contribution in [0.5, 0.6) is 0 Å². The average Bonchev–Trinajstić information content (AvgIpc) is 3.42. The molecule has 0 spiro atoms. The van der Waals surface area contributed by atoms with Crippen LogP contribution in [0.4, 0.5) is 4.79 Å². The Morgan fingerprint density at radius 3 is 2.63 bits per heavy atom. The Hall–Kier alpha value is -2.75. The molecule has 10 nitrogen and oxygen atoms in total. The maximum Gasteiger partial charge on any atom is 0.408 e. The topological polar surface area (TPSA) is 135 Å². The summed E-state index contributed by atoms with van der Waals surface area (Å²) in [6, 6.07) is -1.50. The van der Waals surface area contributed by atoms with Gasteiger partial charge in [-0.05, 0) is 59.0 Å². The number of hydrogen-bond acceptors (Lipinski definition) is 8. The zero-order valence-electron chi connectivity index (χ0n) is 21.0. The molecule has 2 heterocycles. The lowest BCUT2D eigenvalue weighted by Gasteiger charge is -2.29. The van der Waals surface area contributed by atoms with Gasteiger partial charge in [0.25, 0.3) is 0 Å². The molecule has 0 unspecified atom stereocenters. The van der Waals surface area contributed by atoms with Gasteiger partial charge in [0.2, 0.25) is 5.91 Å². The number of allylic oxidation sites excluding steroid dienone is 2. The Morgan fingerprint density at radius 2 is 1.94 bits per heavy atom. The molecule has 3 aliphatic rings.